The molecule has 4 amide bonds. The molecule has 3 atom stereocenters. The fourth-order valence-electron chi connectivity index (χ4n) is 5.78. The summed E-state index contributed by atoms with van der Waals surface area (Å²) in [5, 5.41) is 10.5. The first-order valence-electron chi connectivity index (χ1n) is 20.4. The number of carbonyl (C=O) groups is 5. The van der Waals surface area contributed by atoms with Gasteiger partial charge in [0.2, 0.25) is 22.3 Å². The van der Waals surface area contributed by atoms with Crippen molar-refractivity contribution in [2.45, 2.75) is 129 Å². The monoisotopic (exact) mass is 830 g/mol. The van der Waals surface area contributed by atoms with E-state index >= 15 is 0 Å². The predicted molar refractivity (Wildman–Crippen MR) is 226 cm³/mol. The van der Waals surface area contributed by atoms with E-state index in [2.05, 4.69) is 28.9 Å². The summed E-state index contributed by atoms with van der Waals surface area (Å²) in [4.78, 5) is 61.6. The molecule has 4 rings (SSSR count). The lowest BCUT2D eigenvalue weighted by Crippen LogP contribution is -2.49. The molecule has 324 valence electrons. The third-order valence-electron chi connectivity index (χ3n) is 9.16. The van der Waals surface area contributed by atoms with Crippen LogP contribution in [-0.2, 0) is 29.2 Å². The predicted octanol–water partition coefficient (Wildman–Crippen LogP) is 5.34. The van der Waals surface area contributed by atoms with Crippen molar-refractivity contribution in [1.29, 1.82) is 0 Å². The molecule has 2 fully saturated rings. The largest absolute Gasteiger partial charge is 0.494 e. The lowest BCUT2D eigenvalue weighted by molar-refractivity contribution is -0.137. The van der Waals surface area contributed by atoms with Crippen molar-refractivity contribution in [3.05, 3.63) is 60.3 Å². The Hall–Kier alpha value is -4.83. The van der Waals surface area contributed by atoms with E-state index in [9.17, 15) is 32.4 Å². The number of aromatic nitrogens is 1. The number of carboxylic acid groups (broad SMARTS) is 1. The standard InChI is InChI=1S/C18H20N2O4.C15H26N2O4S.C7H14N2O.C2H6/c19-18(23)16-9-5-8-15(20-16)13-6-4-7-14(12-13)24-11-3-1-2-10-17(21)22;1-3-4-5-6-7-8-12(2)14(16-11-18)15(19)17-22(20,21)13-9-10-13;1-6-3-2-4-9(6)7(10)5-8;1-2/h4-9,12H,1-3,10-11H2,(H2,19,23)(H,21,22);7-8,11-14H,3-6,9-10H2,1-2H3,(H,16,18)(H,17,19);6H,2-5,8H2,1H3;1-2H3/b;8-7-;;/t;12-,14?;6-;/m.01./s1. The van der Waals surface area contributed by atoms with Gasteiger partial charge in [0.05, 0.1) is 24.1 Å². The van der Waals surface area contributed by atoms with Crippen LogP contribution in [0.25, 0.3) is 11.3 Å². The lowest BCUT2D eigenvalue weighted by Gasteiger charge is -2.20. The maximum Gasteiger partial charge on any atom is 0.303 e. The third-order valence-corrected chi connectivity index (χ3v) is 11.0. The molecule has 1 aliphatic heterocycles. The number of nitrogens with two attached hydrogens (primary N) is 2. The molecule has 58 heavy (non-hydrogen) atoms. The van der Waals surface area contributed by atoms with Gasteiger partial charge in [0, 0.05) is 30.5 Å². The maximum absolute atomic E-state index is 12.1. The third kappa shape index (κ3) is 20.0. The van der Waals surface area contributed by atoms with Gasteiger partial charge in [0.25, 0.3) is 11.8 Å². The summed E-state index contributed by atoms with van der Waals surface area (Å²) >= 11 is 0. The van der Waals surface area contributed by atoms with Crippen molar-refractivity contribution in [3.8, 4) is 17.0 Å². The summed E-state index contributed by atoms with van der Waals surface area (Å²) in [7, 11) is -3.60. The number of amides is 4. The molecule has 1 saturated heterocycles. The smallest absolute Gasteiger partial charge is 0.303 e. The number of primary amides is 1. The van der Waals surface area contributed by atoms with Gasteiger partial charge >= 0.3 is 5.97 Å². The first-order valence-corrected chi connectivity index (χ1v) is 21.9. The number of nitrogens with one attached hydrogen (secondary N) is 2. The molecule has 1 aromatic heterocycles. The summed E-state index contributed by atoms with van der Waals surface area (Å²) in [5.41, 5.74) is 12.2. The van der Waals surface area contributed by atoms with E-state index in [0.717, 1.165) is 63.5 Å². The van der Waals surface area contributed by atoms with Crippen molar-refractivity contribution < 1.29 is 42.2 Å². The van der Waals surface area contributed by atoms with Crippen LogP contribution in [0.2, 0.25) is 0 Å². The minimum atomic E-state index is -3.60. The minimum Gasteiger partial charge on any atom is -0.494 e. The number of unbranched alkanes of at least 4 members (excludes halogenated alkanes) is 5. The first kappa shape index (κ1) is 51.2. The number of sulfonamides is 1. The number of pyridine rings is 1. The molecular formula is C42H66N6O9S. The average Bonchev–Trinajstić information content (AvgIpc) is 4.00. The van der Waals surface area contributed by atoms with Crippen LogP contribution in [0.3, 0.4) is 0 Å². The molecule has 1 aliphatic carbocycles. The van der Waals surface area contributed by atoms with Crippen LogP contribution in [-0.4, -0.2) is 90.5 Å². The topological polar surface area (TPSA) is 241 Å². The van der Waals surface area contributed by atoms with Gasteiger partial charge in [-0.05, 0) is 89.0 Å². The number of likely N-dealkylation sites (tertiary alicyclic amines) is 1. The van der Waals surface area contributed by atoms with Gasteiger partial charge in [-0.3, -0.25) is 28.7 Å². The molecule has 2 heterocycles. The molecule has 7 N–H and O–H groups in total. The number of hydrogen-bond donors (Lipinski definition) is 5. The Balaban J connectivity index is 0.000000456. The molecule has 0 bridgehead atoms. The molecule has 0 radical (unpaired) electrons. The fourth-order valence-corrected chi connectivity index (χ4v) is 7.11. The highest BCUT2D eigenvalue weighted by Crippen LogP contribution is 2.27. The molecule has 1 saturated carbocycles. The van der Waals surface area contributed by atoms with Crippen molar-refractivity contribution in [2.75, 3.05) is 19.7 Å². The van der Waals surface area contributed by atoms with Crippen LogP contribution in [0.1, 0.15) is 122 Å². The van der Waals surface area contributed by atoms with E-state index in [1.165, 1.54) is 0 Å². The molecule has 2 aliphatic rings. The van der Waals surface area contributed by atoms with Gasteiger partial charge < -0.3 is 31.5 Å². The number of carbonyl (C=O) groups excluding carboxylic acids is 4. The van der Waals surface area contributed by atoms with E-state index in [0.29, 0.717) is 49.8 Å². The summed E-state index contributed by atoms with van der Waals surface area (Å²) in [6.45, 7) is 11.6. The Kier molecular flexibility index (Phi) is 25.2. The van der Waals surface area contributed by atoms with E-state index in [1.54, 1.807) is 25.1 Å². The van der Waals surface area contributed by atoms with Crippen molar-refractivity contribution in [3.63, 3.8) is 0 Å². The quantitative estimate of drug-likeness (QED) is 0.0611. The van der Waals surface area contributed by atoms with Gasteiger partial charge in [0.15, 0.2) is 0 Å². The normalized spacial score (nSPS) is 15.6. The molecule has 1 aromatic carbocycles. The Bertz CT molecular complexity index is 1700. The fraction of sp³-hybridized carbons (Fsp3) is 0.571. The Morgan fingerprint density at radius 1 is 1.03 bits per heavy atom. The Morgan fingerprint density at radius 3 is 2.33 bits per heavy atom. The number of carboxylic acids is 1. The summed E-state index contributed by atoms with van der Waals surface area (Å²) in [5.74, 6) is -1.49. The van der Waals surface area contributed by atoms with Gasteiger partial charge in [-0.2, -0.15) is 0 Å². The number of ether oxygens (including phenoxy) is 1. The van der Waals surface area contributed by atoms with Crippen molar-refractivity contribution >= 4 is 40.1 Å². The second-order valence-electron chi connectivity index (χ2n) is 13.9. The molecule has 15 nitrogen and oxygen atoms in total. The van der Waals surface area contributed by atoms with Gasteiger partial charge in [-0.15, -0.1) is 0 Å². The highest BCUT2D eigenvalue weighted by atomic mass is 32.2. The van der Waals surface area contributed by atoms with Crippen LogP contribution in [0.15, 0.2) is 54.6 Å². The average molecular weight is 831 g/mol. The van der Waals surface area contributed by atoms with Crippen LogP contribution >= 0.6 is 0 Å². The number of allylic oxidation sites excluding steroid dienone is 1. The molecule has 16 heteroatoms. The second kappa shape index (κ2) is 28.6. The van der Waals surface area contributed by atoms with Crippen LogP contribution in [0.4, 0.5) is 0 Å². The zero-order valence-corrected chi connectivity index (χ0v) is 35.7. The maximum atomic E-state index is 12.1. The molecule has 0 spiro atoms. The summed E-state index contributed by atoms with van der Waals surface area (Å²) in [6.07, 6.45) is 14.4. The van der Waals surface area contributed by atoms with Crippen molar-refractivity contribution in [1.82, 2.24) is 19.9 Å². The van der Waals surface area contributed by atoms with Crippen LogP contribution < -0.4 is 26.2 Å². The van der Waals surface area contributed by atoms with E-state index in [1.807, 2.05) is 55.2 Å². The number of benzene rings is 1. The summed E-state index contributed by atoms with van der Waals surface area (Å²) in [6, 6.07) is 12.1. The highest BCUT2D eigenvalue weighted by molar-refractivity contribution is 7.90. The van der Waals surface area contributed by atoms with Crippen LogP contribution in [0, 0.1) is 5.92 Å². The van der Waals surface area contributed by atoms with E-state index < -0.39 is 39.1 Å². The van der Waals surface area contributed by atoms with E-state index in [-0.39, 0.29) is 30.5 Å². The molecular weight excluding hydrogens is 765 g/mol. The molecule has 2 aromatic rings. The summed E-state index contributed by atoms with van der Waals surface area (Å²) < 4.78 is 31.4. The highest BCUT2D eigenvalue weighted by Gasteiger charge is 2.38. The van der Waals surface area contributed by atoms with Crippen LogP contribution in [0.5, 0.6) is 5.75 Å². The number of hydrogen-bond acceptors (Lipinski definition) is 10. The Morgan fingerprint density at radius 2 is 1.74 bits per heavy atom. The number of nitrogens with zero attached hydrogens (tertiary/aromatic N) is 2. The van der Waals surface area contributed by atoms with Crippen molar-refractivity contribution in [2.24, 2.45) is 17.4 Å². The van der Waals surface area contributed by atoms with Gasteiger partial charge in [-0.1, -0.05) is 70.9 Å². The first-order chi connectivity index (χ1) is 27.7. The Labute approximate surface area is 344 Å². The SMILES string of the molecule is CC.CCCCC/C=C\[C@H](C)C(NC=O)C(=O)NS(=O)(=O)C1CC1.C[C@@H]1CCCN1C(=O)CN.NC(=O)c1cccc(-c2cccc(OCCCCCC(=O)O)c2)n1. The minimum absolute atomic E-state index is 0.0880. The molecule has 1 unspecified atom stereocenters. The van der Waals surface area contributed by atoms with Gasteiger partial charge in [0.1, 0.15) is 17.5 Å². The zero-order chi connectivity index (χ0) is 43.5. The number of rotatable bonds is 21. The van der Waals surface area contributed by atoms with E-state index in [4.69, 9.17) is 21.3 Å². The lowest BCUT2D eigenvalue weighted by atomic mass is 10.0. The van der Waals surface area contributed by atoms with Gasteiger partial charge in [-0.25, -0.2) is 13.4 Å². The zero-order valence-electron chi connectivity index (χ0n) is 34.9. The number of aliphatic carboxylic acids is 1. The second-order valence-corrected chi connectivity index (χ2v) is 15.9.